The molecule has 6 heteroatoms. The average molecular weight is 353 g/mol. The van der Waals surface area contributed by atoms with Gasteiger partial charge in [-0.2, -0.15) is 10.5 Å². The maximum atomic E-state index is 12.7. The third-order valence-electron chi connectivity index (χ3n) is 3.56. The molecule has 0 unspecified atom stereocenters. The Bertz CT molecular complexity index is 987. The van der Waals surface area contributed by atoms with Gasteiger partial charge in [-0.3, -0.25) is 9.36 Å². The molecule has 5 nitrogen and oxygen atoms in total. The maximum absolute atomic E-state index is 12.7. The summed E-state index contributed by atoms with van der Waals surface area (Å²) in [6, 6.07) is 11.6. The van der Waals surface area contributed by atoms with Gasteiger partial charge in [0, 0.05) is 19.8 Å². The zero-order chi connectivity index (χ0) is 18.2. The number of hydrogen-bond donors (Lipinski definition) is 0. The second kappa shape index (κ2) is 8.98. The molecular weight excluding hydrogens is 334 g/mol. The zero-order valence-electron chi connectivity index (χ0n) is 14.3. The van der Waals surface area contributed by atoms with E-state index in [1.165, 1.54) is 15.9 Å². The van der Waals surface area contributed by atoms with E-state index < -0.39 is 0 Å². The van der Waals surface area contributed by atoms with Crippen LogP contribution in [0.15, 0.2) is 29.1 Å². The predicted molar refractivity (Wildman–Crippen MR) is 98.3 cm³/mol. The van der Waals surface area contributed by atoms with E-state index in [9.17, 15) is 15.3 Å². The van der Waals surface area contributed by atoms with Crippen molar-refractivity contribution in [2.75, 3.05) is 13.2 Å². The number of hydrogen-bond acceptors (Lipinski definition) is 5. The highest BCUT2D eigenvalue weighted by atomic mass is 32.1. The molecule has 0 fully saturated rings. The molecule has 0 amide bonds. The van der Waals surface area contributed by atoms with Crippen LogP contribution >= 0.6 is 11.3 Å². The van der Waals surface area contributed by atoms with Crippen LogP contribution in [0.5, 0.6) is 0 Å². The summed E-state index contributed by atoms with van der Waals surface area (Å²) in [5.41, 5.74) is 1.80. The lowest BCUT2D eigenvalue weighted by molar-refractivity contribution is 0.141. The minimum Gasteiger partial charge on any atom is -0.382 e. The minimum absolute atomic E-state index is 0.0394. The Kier molecular flexibility index (Phi) is 6.71. The van der Waals surface area contributed by atoms with E-state index in [2.05, 4.69) is 0 Å². The van der Waals surface area contributed by atoms with E-state index in [0.29, 0.717) is 35.4 Å². The molecule has 128 valence electrons. The van der Waals surface area contributed by atoms with Crippen LogP contribution in [0.2, 0.25) is 0 Å². The number of nitrogens with zero attached hydrogens (tertiary/aromatic N) is 3. The Morgan fingerprint density at radius 1 is 1.36 bits per heavy atom. The average Bonchev–Trinajstić information content (AvgIpc) is 2.89. The fourth-order valence-corrected chi connectivity index (χ4v) is 3.49. The summed E-state index contributed by atoms with van der Waals surface area (Å²) < 4.78 is 7.74. The SMILES string of the molecule is CCOCCCn1c(=C(C#N)C#N)sc(=Cc2cccc(C)c2)c1=O. The fourth-order valence-electron chi connectivity index (χ4n) is 2.41. The molecular formula is C19H19N3O2S. The normalized spacial score (nSPS) is 11.1. The van der Waals surface area contributed by atoms with Gasteiger partial charge < -0.3 is 4.74 Å². The lowest BCUT2D eigenvalue weighted by atomic mass is 10.1. The Morgan fingerprint density at radius 2 is 2.12 bits per heavy atom. The van der Waals surface area contributed by atoms with Crippen molar-refractivity contribution >= 4 is 23.0 Å². The topological polar surface area (TPSA) is 78.8 Å². The lowest BCUT2D eigenvalue weighted by Crippen LogP contribution is -2.32. The van der Waals surface area contributed by atoms with Crippen LogP contribution in [0.25, 0.3) is 11.6 Å². The zero-order valence-corrected chi connectivity index (χ0v) is 15.1. The fraction of sp³-hybridized carbons (Fsp3) is 0.316. The number of benzene rings is 1. The number of nitriles is 2. The molecule has 0 atom stereocenters. The van der Waals surface area contributed by atoms with E-state index in [1.807, 2.05) is 50.3 Å². The third kappa shape index (κ3) is 4.67. The molecule has 0 aliphatic carbocycles. The molecule has 2 aromatic rings. The van der Waals surface area contributed by atoms with Gasteiger partial charge in [-0.15, -0.1) is 11.3 Å². The van der Waals surface area contributed by atoms with Crippen LogP contribution in [-0.4, -0.2) is 17.8 Å². The summed E-state index contributed by atoms with van der Waals surface area (Å²) >= 11 is 1.18. The summed E-state index contributed by atoms with van der Waals surface area (Å²) in [5.74, 6) is 0. The van der Waals surface area contributed by atoms with Gasteiger partial charge in [0.2, 0.25) is 0 Å². The van der Waals surface area contributed by atoms with Gasteiger partial charge in [-0.25, -0.2) is 0 Å². The van der Waals surface area contributed by atoms with E-state index in [1.54, 1.807) is 6.08 Å². The van der Waals surface area contributed by atoms with Gasteiger partial charge in [0.25, 0.3) is 5.56 Å². The quantitative estimate of drug-likeness (QED) is 0.740. The number of thiazole rings is 1. The standard InChI is InChI=1S/C19H19N3O2S/c1-3-24-9-5-8-22-18(23)17(25-19(22)16(12-20)13-21)11-15-7-4-6-14(2)10-15/h4,6-7,10-11H,3,5,8-9H2,1-2H3. The molecule has 0 bridgehead atoms. The van der Waals surface area contributed by atoms with Gasteiger partial charge in [-0.05, 0) is 31.9 Å². The molecule has 0 N–H and O–H groups in total. The summed E-state index contributed by atoms with van der Waals surface area (Å²) in [7, 11) is 0. The predicted octanol–water partition coefficient (Wildman–Crippen LogP) is 1.67. The van der Waals surface area contributed by atoms with Crippen molar-refractivity contribution in [3.8, 4) is 12.1 Å². The van der Waals surface area contributed by atoms with Crippen molar-refractivity contribution in [1.29, 1.82) is 10.5 Å². The Balaban J connectivity index is 2.58. The second-order valence-electron chi connectivity index (χ2n) is 5.44. The number of aromatic nitrogens is 1. The van der Waals surface area contributed by atoms with Crippen LogP contribution in [0.1, 0.15) is 24.5 Å². The highest BCUT2D eigenvalue weighted by molar-refractivity contribution is 7.07. The van der Waals surface area contributed by atoms with Crippen molar-refractivity contribution in [1.82, 2.24) is 4.57 Å². The molecule has 0 spiro atoms. The third-order valence-corrected chi connectivity index (χ3v) is 4.69. The second-order valence-corrected chi connectivity index (χ2v) is 6.47. The first-order chi connectivity index (χ1) is 12.1. The summed E-state index contributed by atoms with van der Waals surface area (Å²) in [6.07, 6.45) is 2.44. The number of rotatable bonds is 6. The summed E-state index contributed by atoms with van der Waals surface area (Å²) in [4.78, 5) is 12.7. The van der Waals surface area contributed by atoms with Crippen molar-refractivity contribution in [3.05, 3.63) is 54.9 Å². The first kappa shape index (κ1) is 18.7. The molecule has 1 heterocycles. The number of aryl methyl sites for hydroxylation is 1. The smallest absolute Gasteiger partial charge is 0.269 e. The van der Waals surface area contributed by atoms with Gasteiger partial charge in [-0.1, -0.05) is 29.8 Å². The van der Waals surface area contributed by atoms with Gasteiger partial charge in [0.05, 0.1) is 4.53 Å². The van der Waals surface area contributed by atoms with Crippen molar-refractivity contribution in [2.45, 2.75) is 26.8 Å². The number of ether oxygens (including phenoxy) is 1. The maximum Gasteiger partial charge on any atom is 0.269 e. The Hall–Kier alpha value is -2.67. The molecule has 0 saturated heterocycles. The first-order valence-electron chi connectivity index (χ1n) is 8.01. The molecule has 1 aromatic carbocycles. The van der Waals surface area contributed by atoms with Crippen LogP contribution in [0, 0.1) is 29.6 Å². The van der Waals surface area contributed by atoms with E-state index in [-0.39, 0.29) is 11.1 Å². The molecule has 2 rings (SSSR count). The van der Waals surface area contributed by atoms with Crippen LogP contribution in [0.4, 0.5) is 0 Å². The van der Waals surface area contributed by atoms with Gasteiger partial charge in [0.15, 0.2) is 5.57 Å². The van der Waals surface area contributed by atoms with Crippen LogP contribution in [-0.2, 0) is 11.3 Å². The highest BCUT2D eigenvalue weighted by Gasteiger charge is 2.09. The van der Waals surface area contributed by atoms with Crippen molar-refractivity contribution < 1.29 is 4.74 Å². The molecule has 0 aliphatic heterocycles. The summed E-state index contributed by atoms with van der Waals surface area (Å²) in [5, 5.41) is 18.4. The van der Waals surface area contributed by atoms with Crippen LogP contribution < -0.4 is 14.8 Å². The van der Waals surface area contributed by atoms with Gasteiger partial charge >= 0.3 is 0 Å². The highest BCUT2D eigenvalue weighted by Crippen LogP contribution is 2.04. The van der Waals surface area contributed by atoms with E-state index in [4.69, 9.17) is 4.74 Å². The Morgan fingerprint density at radius 3 is 2.76 bits per heavy atom. The molecule has 1 aromatic heterocycles. The van der Waals surface area contributed by atoms with E-state index >= 15 is 0 Å². The largest absolute Gasteiger partial charge is 0.382 e. The molecule has 0 saturated carbocycles. The monoisotopic (exact) mass is 353 g/mol. The Labute approximate surface area is 150 Å². The minimum atomic E-state index is -0.180. The van der Waals surface area contributed by atoms with Crippen molar-refractivity contribution in [2.24, 2.45) is 0 Å². The summed E-state index contributed by atoms with van der Waals surface area (Å²) in [6.45, 7) is 5.46. The van der Waals surface area contributed by atoms with Crippen LogP contribution in [0.3, 0.4) is 0 Å². The molecule has 0 radical (unpaired) electrons. The van der Waals surface area contributed by atoms with Gasteiger partial charge in [0.1, 0.15) is 16.8 Å². The molecule has 25 heavy (non-hydrogen) atoms. The first-order valence-corrected chi connectivity index (χ1v) is 8.82. The van der Waals surface area contributed by atoms with Crippen molar-refractivity contribution in [3.63, 3.8) is 0 Å². The molecule has 0 aliphatic rings. The lowest BCUT2D eigenvalue weighted by Gasteiger charge is -2.02. The van der Waals surface area contributed by atoms with E-state index in [0.717, 1.165) is 11.1 Å².